The SMILES string of the molecule is Cc1ccc(NC(=O)C2C3C4CCC(C4)C23)cc1. The van der Waals surface area contributed by atoms with Crippen LogP contribution in [-0.4, -0.2) is 5.91 Å². The van der Waals surface area contributed by atoms with E-state index in [2.05, 4.69) is 12.2 Å². The van der Waals surface area contributed by atoms with E-state index in [0.29, 0.717) is 5.92 Å². The van der Waals surface area contributed by atoms with Crippen molar-refractivity contribution >= 4 is 11.6 Å². The van der Waals surface area contributed by atoms with Gasteiger partial charge in [-0.2, -0.15) is 0 Å². The van der Waals surface area contributed by atoms with Crippen LogP contribution in [0.25, 0.3) is 0 Å². The maximum atomic E-state index is 12.3. The second-order valence-corrected chi connectivity index (χ2v) is 6.37. The van der Waals surface area contributed by atoms with Crippen LogP contribution in [0.2, 0.25) is 0 Å². The van der Waals surface area contributed by atoms with E-state index in [-0.39, 0.29) is 5.91 Å². The van der Waals surface area contributed by atoms with Crippen LogP contribution in [0.3, 0.4) is 0 Å². The Kier molecular flexibility index (Phi) is 2.12. The molecule has 2 nitrogen and oxygen atoms in total. The number of hydrogen-bond donors (Lipinski definition) is 1. The van der Waals surface area contributed by atoms with Crippen molar-refractivity contribution in [1.29, 1.82) is 0 Å². The van der Waals surface area contributed by atoms with E-state index in [4.69, 9.17) is 0 Å². The summed E-state index contributed by atoms with van der Waals surface area (Å²) in [5.41, 5.74) is 2.18. The van der Waals surface area contributed by atoms with Gasteiger partial charge in [0.05, 0.1) is 0 Å². The molecule has 3 aliphatic rings. The zero-order chi connectivity index (χ0) is 12.3. The summed E-state index contributed by atoms with van der Waals surface area (Å²) in [5, 5.41) is 3.09. The zero-order valence-corrected chi connectivity index (χ0v) is 10.7. The van der Waals surface area contributed by atoms with E-state index in [1.807, 2.05) is 24.3 Å². The number of carbonyl (C=O) groups is 1. The molecule has 1 aromatic carbocycles. The molecule has 0 heterocycles. The third kappa shape index (κ3) is 1.44. The minimum absolute atomic E-state index is 0.269. The molecule has 4 rings (SSSR count). The summed E-state index contributed by atoms with van der Waals surface area (Å²) in [6, 6.07) is 8.10. The van der Waals surface area contributed by atoms with Gasteiger partial charge < -0.3 is 5.32 Å². The Morgan fingerprint density at radius 3 is 2.33 bits per heavy atom. The topological polar surface area (TPSA) is 29.1 Å². The zero-order valence-electron chi connectivity index (χ0n) is 10.7. The van der Waals surface area contributed by atoms with Crippen molar-refractivity contribution in [2.24, 2.45) is 29.6 Å². The van der Waals surface area contributed by atoms with Gasteiger partial charge in [-0.15, -0.1) is 0 Å². The van der Waals surface area contributed by atoms with Crippen LogP contribution < -0.4 is 5.32 Å². The number of hydrogen-bond acceptors (Lipinski definition) is 1. The van der Waals surface area contributed by atoms with Crippen LogP contribution in [0.1, 0.15) is 24.8 Å². The number of nitrogens with one attached hydrogen (secondary N) is 1. The van der Waals surface area contributed by atoms with Gasteiger partial charge in [0, 0.05) is 11.6 Å². The second kappa shape index (κ2) is 3.59. The summed E-state index contributed by atoms with van der Waals surface area (Å²) in [5.74, 6) is 3.80. The highest BCUT2D eigenvalue weighted by Gasteiger charge is 2.67. The van der Waals surface area contributed by atoms with Crippen molar-refractivity contribution in [1.82, 2.24) is 0 Å². The first-order valence-electron chi connectivity index (χ1n) is 7.11. The summed E-state index contributed by atoms with van der Waals surface area (Å²) in [6.45, 7) is 2.06. The Balaban J connectivity index is 1.45. The summed E-state index contributed by atoms with van der Waals surface area (Å²) in [4.78, 5) is 12.3. The van der Waals surface area contributed by atoms with Crippen molar-refractivity contribution in [3.05, 3.63) is 29.8 Å². The molecule has 0 radical (unpaired) electrons. The number of benzene rings is 1. The molecule has 2 bridgehead atoms. The molecule has 3 aliphatic carbocycles. The van der Waals surface area contributed by atoms with Gasteiger partial charge >= 0.3 is 0 Å². The number of amides is 1. The van der Waals surface area contributed by atoms with E-state index in [1.165, 1.54) is 24.8 Å². The molecule has 1 N–H and O–H groups in total. The van der Waals surface area contributed by atoms with E-state index >= 15 is 0 Å². The number of anilines is 1. The second-order valence-electron chi connectivity index (χ2n) is 6.37. The van der Waals surface area contributed by atoms with Crippen LogP contribution in [0.5, 0.6) is 0 Å². The minimum atomic E-state index is 0.269. The first-order valence-corrected chi connectivity index (χ1v) is 7.11. The highest BCUT2D eigenvalue weighted by atomic mass is 16.2. The van der Waals surface area contributed by atoms with E-state index in [9.17, 15) is 4.79 Å². The quantitative estimate of drug-likeness (QED) is 0.846. The predicted molar refractivity (Wildman–Crippen MR) is 71.1 cm³/mol. The first-order chi connectivity index (χ1) is 8.74. The van der Waals surface area contributed by atoms with Crippen LogP contribution in [-0.2, 0) is 4.79 Å². The lowest BCUT2D eigenvalue weighted by Gasteiger charge is -2.09. The molecule has 3 fully saturated rings. The Labute approximate surface area is 108 Å². The van der Waals surface area contributed by atoms with Crippen molar-refractivity contribution in [2.75, 3.05) is 5.32 Å². The molecule has 1 amide bonds. The van der Waals surface area contributed by atoms with Crippen molar-refractivity contribution in [3.63, 3.8) is 0 Å². The molecular formula is C16H19NO. The molecule has 0 aromatic heterocycles. The Hall–Kier alpha value is -1.31. The number of fused-ring (bicyclic) bond motifs is 5. The highest BCUT2D eigenvalue weighted by Crippen LogP contribution is 2.69. The Morgan fingerprint density at radius 2 is 1.72 bits per heavy atom. The molecule has 0 saturated heterocycles. The smallest absolute Gasteiger partial charge is 0.228 e. The van der Waals surface area contributed by atoms with Gasteiger partial charge in [-0.3, -0.25) is 4.79 Å². The summed E-state index contributed by atoms with van der Waals surface area (Å²) < 4.78 is 0. The van der Waals surface area contributed by atoms with Gasteiger partial charge in [0.1, 0.15) is 0 Å². The highest BCUT2D eigenvalue weighted by molar-refractivity contribution is 5.95. The molecule has 0 spiro atoms. The van der Waals surface area contributed by atoms with Gasteiger partial charge in [0.2, 0.25) is 5.91 Å². The van der Waals surface area contributed by atoms with Gasteiger partial charge in [-0.1, -0.05) is 17.7 Å². The molecule has 0 aliphatic heterocycles. The first kappa shape index (κ1) is 10.6. The van der Waals surface area contributed by atoms with E-state index in [0.717, 1.165) is 29.4 Å². The maximum absolute atomic E-state index is 12.3. The minimum Gasteiger partial charge on any atom is -0.326 e. The normalized spacial score (nSPS) is 39.5. The van der Waals surface area contributed by atoms with Crippen LogP contribution in [0.4, 0.5) is 5.69 Å². The average molecular weight is 241 g/mol. The molecule has 3 saturated carbocycles. The van der Waals surface area contributed by atoms with E-state index in [1.54, 1.807) is 0 Å². The fraction of sp³-hybridized carbons (Fsp3) is 0.562. The lowest BCUT2D eigenvalue weighted by Crippen LogP contribution is -2.18. The van der Waals surface area contributed by atoms with Crippen molar-refractivity contribution < 1.29 is 4.79 Å². The molecule has 18 heavy (non-hydrogen) atoms. The number of rotatable bonds is 2. The Bertz CT molecular complexity index is 476. The summed E-state index contributed by atoms with van der Waals surface area (Å²) in [7, 11) is 0. The molecule has 4 unspecified atom stereocenters. The van der Waals surface area contributed by atoms with Crippen molar-refractivity contribution in [3.8, 4) is 0 Å². The third-order valence-corrected chi connectivity index (χ3v) is 5.36. The van der Waals surface area contributed by atoms with Gasteiger partial charge in [0.15, 0.2) is 0 Å². The number of aryl methyl sites for hydroxylation is 1. The molecule has 2 heteroatoms. The third-order valence-electron chi connectivity index (χ3n) is 5.36. The largest absolute Gasteiger partial charge is 0.326 e. The van der Waals surface area contributed by atoms with Crippen LogP contribution in [0.15, 0.2) is 24.3 Å². The Morgan fingerprint density at radius 1 is 1.11 bits per heavy atom. The number of carbonyl (C=O) groups excluding carboxylic acids is 1. The van der Waals surface area contributed by atoms with Crippen LogP contribution in [0, 0.1) is 36.5 Å². The van der Waals surface area contributed by atoms with Gasteiger partial charge in [-0.25, -0.2) is 0 Å². The van der Waals surface area contributed by atoms with Crippen molar-refractivity contribution in [2.45, 2.75) is 26.2 Å². The maximum Gasteiger partial charge on any atom is 0.228 e. The predicted octanol–water partition coefficient (Wildman–Crippen LogP) is 3.23. The molecule has 4 atom stereocenters. The lowest BCUT2D eigenvalue weighted by molar-refractivity contribution is -0.118. The monoisotopic (exact) mass is 241 g/mol. The molecule has 94 valence electrons. The lowest BCUT2D eigenvalue weighted by atomic mass is 10.0. The van der Waals surface area contributed by atoms with E-state index < -0.39 is 0 Å². The fourth-order valence-corrected chi connectivity index (χ4v) is 4.54. The molecular weight excluding hydrogens is 222 g/mol. The summed E-state index contributed by atoms with van der Waals surface area (Å²) in [6.07, 6.45) is 4.16. The average Bonchev–Trinajstić information content (AvgIpc) is 2.82. The fourth-order valence-electron chi connectivity index (χ4n) is 4.54. The molecule has 1 aromatic rings. The van der Waals surface area contributed by atoms with Crippen LogP contribution >= 0.6 is 0 Å². The summed E-state index contributed by atoms with van der Waals surface area (Å²) >= 11 is 0. The van der Waals surface area contributed by atoms with Gasteiger partial charge in [0.25, 0.3) is 0 Å². The van der Waals surface area contributed by atoms with Gasteiger partial charge in [-0.05, 0) is 62.0 Å². The standard InChI is InChI=1S/C16H19NO/c1-9-2-6-12(7-3-9)17-16(18)15-13-10-4-5-11(8-10)14(13)15/h2-3,6-7,10-11,13-15H,4-5,8H2,1H3,(H,17,18).